The highest BCUT2D eigenvalue weighted by atomic mass is 35.5. The van der Waals surface area contributed by atoms with Gasteiger partial charge < -0.3 is 19.7 Å². The normalized spacial score (nSPS) is 20.1. The van der Waals surface area contributed by atoms with Crippen molar-refractivity contribution in [1.29, 1.82) is 0 Å². The first-order valence-electron chi connectivity index (χ1n) is 11.8. The molecule has 8 nitrogen and oxygen atoms in total. The van der Waals surface area contributed by atoms with Crippen LogP contribution >= 0.6 is 22.9 Å². The third kappa shape index (κ3) is 3.86. The van der Waals surface area contributed by atoms with Crippen LogP contribution in [0.3, 0.4) is 0 Å². The number of benzene rings is 3. The Labute approximate surface area is 226 Å². The van der Waals surface area contributed by atoms with Crippen LogP contribution in [0, 0.1) is 0 Å². The smallest absolute Gasteiger partial charge is 0.301 e. The topological polar surface area (TPSA) is 109 Å². The van der Waals surface area contributed by atoms with Crippen molar-refractivity contribution in [2.75, 3.05) is 12.0 Å². The van der Waals surface area contributed by atoms with Crippen LogP contribution in [0.1, 0.15) is 29.7 Å². The summed E-state index contributed by atoms with van der Waals surface area (Å²) in [5, 5.41) is 22.5. The summed E-state index contributed by atoms with van der Waals surface area (Å²) in [4.78, 5) is 32.9. The van der Waals surface area contributed by atoms with Gasteiger partial charge in [-0.2, -0.15) is 0 Å². The van der Waals surface area contributed by atoms with Crippen LogP contribution in [0.4, 0.5) is 5.13 Å². The van der Waals surface area contributed by atoms with Gasteiger partial charge in [-0.3, -0.25) is 14.5 Å². The van der Waals surface area contributed by atoms with E-state index < -0.39 is 17.7 Å². The van der Waals surface area contributed by atoms with Crippen LogP contribution in [-0.2, 0) is 16.0 Å². The van der Waals surface area contributed by atoms with Gasteiger partial charge in [-0.05, 0) is 66.6 Å². The van der Waals surface area contributed by atoms with Crippen molar-refractivity contribution in [2.45, 2.75) is 25.5 Å². The molecular formula is C28H21ClN2O6S. The summed E-state index contributed by atoms with van der Waals surface area (Å²) in [5.74, 6) is -1.20. The second-order valence-corrected chi connectivity index (χ2v) is 10.6. The summed E-state index contributed by atoms with van der Waals surface area (Å²) in [6.07, 6.45) is 0.669. The van der Waals surface area contributed by atoms with Crippen LogP contribution < -0.4 is 14.4 Å². The standard InChI is InChI=1S/C28H21ClN2O6S/c1-13-9-16-10-15(4-8-20(16)37-13)25(33)23-24(14-3-7-19(32)21(11-14)36-2)31(27(35)26(23)34)28-30-18-6-5-17(29)12-22(18)38-28/h3-8,10-13,24,32-33H,9H2,1-2H3. The number of halogens is 1. The summed E-state index contributed by atoms with van der Waals surface area (Å²) in [6.45, 7) is 1.95. The van der Waals surface area contributed by atoms with Gasteiger partial charge in [0.1, 0.15) is 17.6 Å². The number of nitrogens with zero attached hydrogens (tertiary/aromatic N) is 2. The Morgan fingerprint density at radius 3 is 2.76 bits per heavy atom. The van der Waals surface area contributed by atoms with Gasteiger partial charge in [0.25, 0.3) is 5.78 Å². The summed E-state index contributed by atoms with van der Waals surface area (Å²) >= 11 is 7.36. The quantitative estimate of drug-likeness (QED) is 0.194. The van der Waals surface area contributed by atoms with Gasteiger partial charge in [-0.15, -0.1) is 0 Å². The van der Waals surface area contributed by atoms with E-state index in [1.807, 2.05) is 6.92 Å². The number of aliphatic hydroxyl groups excluding tert-OH is 1. The zero-order chi connectivity index (χ0) is 26.7. The molecule has 2 N–H and O–H groups in total. The molecule has 2 aliphatic heterocycles. The van der Waals surface area contributed by atoms with E-state index in [0.717, 1.165) is 16.0 Å². The number of phenols is 1. The Morgan fingerprint density at radius 2 is 1.97 bits per heavy atom. The number of amides is 1. The molecule has 0 bridgehead atoms. The second kappa shape index (κ2) is 9.04. The molecule has 1 fully saturated rings. The third-order valence-corrected chi connectivity index (χ3v) is 7.93. The number of hydrogen-bond acceptors (Lipinski definition) is 8. The average Bonchev–Trinajstić information content (AvgIpc) is 3.56. The fraction of sp³-hybridized carbons (Fsp3) is 0.179. The Morgan fingerprint density at radius 1 is 1.16 bits per heavy atom. The molecular weight excluding hydrogens is 528 g/mol. The number of methoxy groups -OCH3 is 1. The first-order chi connectivity index (χ1) is 18.2. The van der Waals surface area contributed by atoms with Crippen molar-refractivity contribution in [3.8, 4) is 17.2 Å². The number of hydrogen-bond donors (Lipinski definition) is 2. The fourth-order valence-electron chi connectivity index (χ4n) is 4.92. The number of carbonyl (C=O) groups excluding carboxylic acids is 2. The number of aliphatic hydroxyl groups is 1. The Balaban J connectivity index is 1.55. The van der Waals surface area contributed by atoms with Crippen LogP contribution in [0.5, 0.6) is 17.2 Å². The first kappa shape index (κ1) is 24.3. The fourth-order valence-corrected chi connectivity index (χ4v) is 6.19. The minimum absolute atomic E-state index is 0.00461. The molecule has 2 atom stereocenters. The first-order valence-corrected chi connectivity index (χ1v) is 13.0. The lowest BCUT2D eigenvalue weighted by atomic mass is 9.94. The van der Waals surface area contributed by atoms with Crippen molar-refractivity contribution in [3.63, 3.8) is 0 Å². The molecule has 1 amide bonds. The van der Waals surface area contributed by atoms with Crippen LogP contribution in [0.15, 0.2) is 60.2 Å². The molecule has 2 unspecified atom stereocenters. The van der Waals surface area contributed by atoms with Crippen LogP contribution in [0.25, 0.3) is 16.0 Å². The summed E-state index contributed by atoms with van der Waals surface area (Å²) < 4.78 is 11.8. The Hall–Kier alpha value is -4.08. The predicted molar refractivity (Wildman–Crippen MR) is 144 cm³/mol. The van der Waals surface area contributed by atoms with E-state index in [-0.39, 0.29) is 34.1 Å². The maximum atomic E-state index is 13.5. The number of thiazole rings is 1. The number of phenolic OH excluding ortho intramolecular Hbond substituents is 1. The average molecular weight is 549 g/mol. The number of ether oxygens (including phenoxy) is 2. The molecule has 10 heteroatoms. The van der Waals surface area contributed by atoms with Gasteiger partial charge in [0, 0.05) is 17.0 Å². The Kier molecular flexibility index (Phi) is 5.77. The Bertz CT molecular complexity index is 1680. The van der Waals surface area contributed by atoms with Gasteiger partial charge in [0.15, 0.2) is 16.6 Å². The third-order valence-electron chi connectivity index (χ3n) is 6.68. The molecule has 3 aromatic carbocycles. The van der Waals surface area contributed by atoms with E-state index in [2.05, 4.69) is 4.98 Å². The second-order valence-electron chi connectivity index (χ2n) is 9.16. The van der Waals surface area contributed by atoms with Crippen LogP contribution in [0.2, 0.25) is 5.02 Å². The minimum Gasteiger partial charge on any atom is -0.507 e. The molecule has 0 radical (unpaired) electrons. The van der Waals surface area contributed by atoms with E-state index in [0.29, 0.717) is 28.1 Å². The minimum atomic E-state index is -1.02. The SMILES string of the molecule is COc1cc(C2C(=C(O)c3ccc4c(c3)CC(C)O4)C(=O)C(=O)N2c2nc3ccc(Cl)cc3s2)ccc1O. The van der Waals surface area contributed by atoms with E-state index in [1.54, 1.807) is 42.5 Å². The van der Waals surface area contributed by atoms with Gasteiger partial charge in [0.2, 0.25) is 0 Å². The lowest BCUT2D eigenvalue weighted by molar-refractivity contribution is -0.132. The van der Waals surface area contributed by atoms with E-state index >= 15 is 0 Å². The van der Waals surface area contributed by atoms with Gasteiger partial charge in [-0.1, -0.05) is 29.0 Å². The van der Waals surface area contributed by atoms with Crippen molar-refractivity contribution in [2.24, 2.45) is 0 Å². The number of aromatic hydroxyl groups is 1. The zero-order valence-electron chi connectivity index (χ0n) is 20.3. The van der Waals surface area contributed by atoms with Gasteiger partial charge in [0.05, 0.1) is 28.9 Å². The number of aromatic nitrogens is 1. The highest BCUT2D eigenvalue weighted by Gasteiger charge is 2.48. The van der Waals surface area contributed by atoms with Crippen molar-refractivity contribution < 1.29 is 29.3 Å². The molecule has 1 saturated heterocycles. The summed E-state index contributed by atoms with van der Waals surface area (Å²) in [5.41, 5.74) is 2.28. The lowest BCUT2D eigenvalue weighted by Gasteiger charge is -2.23. The van der Waals surface area contributed by atoms with Crippen molar-refractivity contribution in [1.82, 2.24) is 4.98 Å². The number of carbonyl (C=O) groups is 2. The van der Waals surface area contributed by atoms with E-state index in [9.17, 15) is 19.8 Å². The van der Waals surface area contributed by atoms with Gasteiger partial charge in [-0.25, -0.2) is 4.98 Å². The molecule has 1 aromatic heterocycles. The van der Waals surface area contributed by atoms with E-state index in [4.69, 9.17) is 21.1 Å². The number of anilines is 1. The lowest BCUT2D eigenvalue weighted by Crippen LogP contribution is -2.29. The maximum absolute atomic E-state index is 13.5. The largest absolute Gasteiger partial charge is 0.507 e. The molecule has 4 aromatic rings. The van der Waals surface area contributed by atoms with Crippen molar-refractivity contribution >= 4 is 55.7 Å². The summed E-state index contributed by atoms with van der Waals surface area (Å²) in [7, 11) is 1.40. The molecule has 3 heterocycles. The highest BCUT2D eigenvalue weighted by molar-refractivity contribution is 7.22. The monoisotopic (exact) mass is 548 g/mol. The number of rotatable bonds is 4. The molecule has 0 saturated carbocycles. The van der Waals surface area contributed by atoms with E-state index in [1.165, 1.54) is 35.5 Å². The zero-order valence-corrected chi connectivity index (χ0v) is 21.8. The molecule has 6 rings (SSSR count). The number of ketones is 1. The molecule has 38 heavy (non-hydrogen) atoms. The van der Waals surface area contributed by atoms with Gasteiger partial charge >= 0.3 is 5.91 Å². The molecule has 0 aliphatic carbocycles. The molecule has 2 aliphatic rings. The number of fused-ring (bicyclic) bond motifs is 2. The summed E-state index contributed by atoms with van der Waals surface area (Å²) in [6, 6.07) is 13.9. The highest BCUT2D eigenvalue weighted by Crippen LogP contribution is 2.46. The predicted octanol–water partition coefficient (Wildman–Crippen LogP) is 5.61. The van der Waals surface area contributed by atoms with Crippen LogP contribution in [-0.4, -0.2) is 40.1 Å². The van der Waals surface area contributed by atoms with Crippen molar-refractivity contribution in [3.05, 3.63) is 81.9 Å². The number of Topliss-reactive ketones (excluding diaryl/α,β-unsaturated/α-hetero) is 1. The molecule has 192 valence electrons. The molecule has 0 spiro atoms. The maximum Gasteiger partial charge on any atom is 0.301 e.